The SMILES string of the molecule is Cc1nnnn1[C@H](Cc1ccc(F)cc1)C(=O)N1CCC[C@@H](c2nncn2C)C1. The van der Waals surface area contributed by atoms with Crippen molar-refractivity contribution in [3.8, 4) is 0 Å². The number of amides is 1. The van der Waals surface area contributed by atoms with Gasteiger partial charge in [-0.3, -0.25) is 4.79 Å². The fourth-order valence-electron chi connectivity index (χ4n) is 3.91. The summed E-state index contributed by atoms with van der Waals surface area (Å²) in [6.07, 6.45) is 3.91. The Kier molecular flexibility index (Phi) is 5.32. The average Bonchev–Trinajstić information content (AvgIpc) is 3.35. The second-order valence-electron chi connectivity index (χ2n) is 7.44. The molecule has 1 saturated heterocycles. The molecule has 1 aliphatic rings. The molecule has 1 fully saturated rings. The van der Waals surface area contributed by atoms with Crippen molar-refractivity contribution in [3.63, 3.8) is 0 Å². The van der Waals surface area contributed by atoms with Crippen molar-refractivity contribution in [1.29, 1.82) is 0 Å². The highest BCUT2D eigenvalue weighted by atomic mass is 19.1. The molecule has 29 heavy (non-hydrogen) atoms. The van der Waals surface area contributed by atoms with Crippen molar-refractivity contribution in [2.75, 3.05) is 13.1 Å². The monoisotopic (exact) mass is 398 g/mol. The summed E-state index contributed by atoms with van der Waals surface area (Å²) in [7, 11) is 1.91. The number of likely N-dealkylation sites (tertiary alicyclic amines) is 1. The molecule has 1 aromatic carbocycles. The van der Waals surface area contributed by atoms with E-state index < -0.39 is 6.04 Å². The smallest absolute Gasteiger partial charge is 0.247 e. The molecule has 4 rings (SSSR count). The van der Waals surface area contributed by atoms with Crippen molar-refractivity contribution in [3.05, 3.63) is 53.6 Å². The first-order valence-electron chi connectivity index (χ1n) is 9.64. The summed E-state index contributed by atoms with van der Waals surface area (Å²) in [5.74, 6) is 1.24. The fraction of sp³-hybridized carbons (Fsp3) is 0.474. The van der Waals surface area contributed by atoms with Gasteiger partial charge in [0.1, 0.15) is 29.8 Å². The number of nitrogens with zero attached hydrogens (tertiary/aromatic N) is 8. The minimum Gasteiger partial charge on any atom is -0.340 e. The zero-order chi connectivity index (χ0) is 20.4. The van der Waals surface area contributed by atoms with Crippen molar-refractivity contribution in [2.45, 2.75) is 38.1 Å². The zero-order valence-corrected chi connectivity index (χ0v) is 16.4. The number of carbonyl (C=O) groups is 1. The third kappa shape index (κ3) is 4.01. The Labute approximate surface area is 167 Å². The van der Waals surface area contributed by atoms with Crippen LogP contribution in [0.3, 0.4) is 0 Å². The number of hydrogen-bond donors (Lipinski definition) is 0. The van der Waals surface area contributed by atoms with E-state index in [1.165, 1.54) is 12.1 Å². The topological polar surface area (TPSA) is 94.6 Å². The van der Waals surface area contributed by atoms with E-state index in [0.717, 1.165) is 24.2 Å². The Bertz CT molecular complexity index is 982. The molecule has 0 spiro atoms. The van der Waals surface area contributed by atoms with Gasteiger partial charge in [0.15, 0.2) is 0 Å². The van der Waals surface area contributed by atoms with Crippen LogP contribution in [0.15, 0.2) is 30.6 Å². The van der Waals surface area contributed by atoms with E-state index in [4.69, 9.17) is 0 Å². The lowest BCUT2D eigenvalue weighted by Gasteiger charge is -2.34. The standard InChI is InChI=1S/C19H23FN8O/c1-13-22-24-25-28(13)17(10-14-5-7-16(20)8-6-14)19(29)27-9-3-4-15(11-27)18-23-21-12-26(18)2/h5-8,12,15,17H,3-4,9-11H2,1-2H3/t15-,17-/m1/s1. The molecule has 3 aromatic rings. The van der Waals surface area contributed by atoms with Gasteiger partial charge in [-0.05, 0) is 47.9 Å². The molecule has 10 heteroatoms. The van der Waals surface area contributed by atoms with Gasteiger partial charge in [0.2, 0.25) is 5.91 Å². The second kappa shape index (κ2) is 8.06. The average molecular weight is 398 g/mol. The van der Waals surface area contributed by atoms with Crippen LogP contribution in [0, 0.1) is 12.7 Å². The van der Waals surface area contributed by atoms with Crippen LogP contribution >= 0.6 is 0 Å². The van der Waals surface area contributed by atoms with Crippen LogP contribution in [0.4, 0.5) is 4.39 Å². The molecule has 0 saturated carbocycles. The van der Waals surface area contributed by atoms with Gasteiger partial charge in [0, 0.05) is 32.5 Å². The first-order valence-corrected chi connectivity index (χ1v) is 9.64. The first kappa shape index (κ1) is 19.2. The molecule has 1 aliphatic heterocycles. The minimum absolute atomic E-state index is 0.0448. The third-order valence-corrected chi connectivity index (χ3v) is 5.42. The van der Waals surface area contributed by atoms with Crippen molar-refractivity contribution in [2.24, 2.45) is 7.05 Å². The van der Waals surface area contributed by atoms with E-state index in [1.54, 1.807) is 30.1 Å². The molecule has 0 N–H and O–H groups in total. The summed E-state index contributed by atoms with van der Waals surface area (Å²) < 4.78 is 16.8. The van der Waals surface area contributed by atoms with Crippen LogP contribution in [-0.2, 0) is 18.3 Å². The zero-order valence-electron chi connectivity index (χ0n) is 16.4. The normalized spacial score (nSPS) is 18.0. The van der Waals surface area contributed by atoms with E-state index in [2.05, 4.69) is 25.7 Å². The molecule has 9 nitrogen and oxygen atoms in total. The predicted molar refractivity (Wildman–Crippen MR) is 101 cm³/mol. The van der Waals surface area contributed by atoms with Crippen LogP contribution < -0.4 is 0 Å². The van der Waals surface area contributed by atoms with Gasteiger partial charge in [0.25, 0.3) is 0 Å². The Morgan fingerprint density at radius 3 is 2.72 bits per heavy atom. The summed E-state index contributed by atoms with van der Waals surface area (Å²) in [6.45, 7) is 3.02. The van der Waals surface area contributed by atoms with E-state index in [-0.39, 0.29) is 17.6 Å². The van der Waals surface area contributed by atoms with Crippen molar-refractivity contribution in [1.82, 2.24) is 39.9 Å². The van der Waals surface area contributed by atoms with E-state index >= 15 is 0 Å². The van der Waals surface area contributed by atoms with E-state index in [9.17, 15) is 9.18 Å². The summed E-state index contributed by atoms with van der Waals surface area (Å²) in [5.41, 5.74) is 0.849. The van der Waals surface area contributed by atoms with Crippen LogP contribution in [0.2, 0.25) is 0 Å². The lowest BCUT2D eigenvalue weighted by Crippen LogP contribution is -2.44. The molecule has 0 radical (unpaired) electrons. The number of piperidine rings is 1. The summed E-state index contributed by atoms with van der Waals surface area (Å²) in [6, 6.07) is 5.58. The maximum absolute atomic E-state index is 13.5. The minimum atomic E-state index is -0.589. The third-order valence-electron chi connectivity index (χ3n) is 5.42. The molecular formula is C19H23FN8O. The first-order chi connectivity index (χ1) is 14.0. The van der Waals surface area contributed by atoms with Crippen LogP contribution in [0.5, 0.6) is 0 Å². The van der Waals surface area contributed by atoms with Gasteiger partial charge >= 0.3 is 0 Å². The van der Waals surface area contributed by atoms with Crippen LogP contribution in [0.25, 0.3) is 0 Å². The number of benzene rings is 1. The van der Waals surface area contributed by atoms with Gasteiger partial charge in [0.05, 0.1) is 0 Å². The van der Waals surface area contributed by atoms with Gasteiger partial charge in [-0.25, -0.2) is 9.07 Å². The molecule has 0 unspecified atom stereocenters. The molecule has 0 bridgehead atoms. The lowest BCUT2D eigenvalue weighted by atomic mass is 9.95. The molecule has 2 atom stereocenters. The van der Waals surface area contributed by atoms with Crippen molar-refractivity contribution >= 4 is 5.91 Å². The number of hydrogen-bond acceptors (Lipinski definition) is 6. The lowest BCUT2D eigenvalue weighted by molar-refractivity contribution is -0.136. The Hall–Kier alpha value is -3.17. The van der Waals surface area contributed by atoms with Gasteiger partial charge in [-0.2, -0.15) is 0 Å². The molecule has 0 aliphatic carbocycles. The highest BCUT2D eigenvalue weighted by Crippen LogP contribution is 2.27. The Morgan fingerprint density at radius 2 is 2.07 bits per heavy atom. The molecular weight excluding hydrogens is 375 g/mol. The highest BCUT2D eigenvalue weighted by molar-refractivity contribution is 5.81. The predicted octanol–water partition coefficient (Wildman–Crippen LogP) is 1.44. The van der Waals surface area contributed by atoms with E-state index in [0.29, 0.717) is 25.3 Å². The molecule has 2 aromatic heterocycles. The second-order valence-corrected chi connectivity index (χ2v) is 7.44. The number of halogens is 1. The Balaban J connectivity index is 1.58. The largest absolute Gasteiger partial charge is 0.340 e. The van der Waals surface area contributed by atoms with Crippen molar-refractivity contribution < 1.29 is 9.18 Å². The maximum atomic E-state index is 13.5. The molecule has 152 valence electrons. The van der Waals surface area contributed by atoms with Gasteiger partial charge in [-0.15, -0.1) is 15.3 Å². The molecule has 1 amide bonds. The van der Waals surface area contributed by atoms with E-state index in [1.807, 2.05) is 16.5 Å². The van der Waals surface area contributed by atoms with Crippen LogP contribution in [0.1, 0.15) is 42.0 Å². The maximum Gasteiger partial charge on any atom is 0.247 e. The summed E-state index contributed by atoms with van der Waals surface area (Å²) in [5, 5.41) is 19.9. The number of rotatable bonds is 5. The quantitative estimate of drug-likeness (QED) is 0.645. The summed E-state index contributed by atoms with van der Waals surface area (Å²) >= 11 is 0. The van der Waals surface area contributed by atoms with Crippen LogP contribution in [-0.4, -0.2) is 58.9 Å². The number of carbonyl (C=O) groups excluding carboxylic acids is 1. The number of aryl methyl sites for hydroxylation is 2. The fourth-order valence-corrected chi connectivity index (χ4v) is 3.91. The molecule has 3 heterocycles. The Morgan fingerprint density at radius 1 is 1.28 bits per heavy atom. The highest BCUT2D eigenvalue weighted by Gasteiger charge is 2.33. The number of tetrazole rings is 1. The van der Waals surface area contributed by atoms with Gasteiger partial charge < -0.3 is 9.47 Å². The summed E-state index contributed by atoms with van der Waals surface area (Å²) in [4.78, 5) is 15.4. The van der Waals surface area contributed by atoms with Gasteiger partial charge in [-0.1, -0.05) is 12.1 Å². The number of aromatic nitrogens is 7.